The van der Waals surface area contributed by atoms with Gasteiger partial charge in [-0.25, -0.2) is 0 Å². The van der Waals surface area contributed by atoms with Crippen LogP contribution in [-0.2, 0) is 28.6 Å². The molecule has 0 amide bonds. The summed E-state index contributed by atoms with van der Waals surface area (Å²) in [7, 11) is 0. The van der Waals surface area contributed by atoms with Gasteiger partial charge in [-0.05, 0) is 37.0 Å². The predicted octanol–water partition coefficient (Wildman–Crippen LogP) is 16.0. The molecule has 0 spiro atoms. The van der Waals surface area contributed by atoms with Crippen molar-refractivity contribution in [3.8, 4) is 0 Å². The average molecular weight is 807 g/mol. The number of carbonyl (C=O) groups excluding carboxylic acids is 3. The van der Waals surface area contributed by atoms with Gasteiger partial charge in [-0.1, -0.05) is 234 Å². The van der Waals surface area contributed by atoms with Crippen molar-refractivity contribution < 1.29 is 28.6 Å². The molecule has 6 heteroatoms. The van der Waals surface area contributed by atoms with Gasteiger partial charge in [0.25, 0.3) is 0 Å². The van der Waals surface area contributed by atoms with Gasteiger partial charge in [0.2, 0.25) is 0 Å². The van der Waals surface area contributed by atoms with Crippen molar-refractivity contribution in [2.24, 2.45) is 17.8 Å². The highest BCUT2D eigenvalue weighted by Crippen LogP contribution is 2.18. The lowest BCUT2D eigenvalue weighted by molar-refractivity contribution is -0.167. The standard InChI is InChI=1S/C51H98O6/c1-7-47(6)39-33-27-23-24-30-36-42-51(54)57-48(44-56-50(53)41-35-29-22-18-14-13-16-20-26-32-38-46(4)5)43-55-49(52)40-34-28-21-17-12-10-8-9-11-15-19-25-31-37-45(2)3/h45-48H,7-44H2,1-6H3/t47?,48-/m0/s1. The predicted molar refractivity (Wildman–Crippen MR) is 243 cm³/mol. The lowest BCUT2D eigenvalue weighted by Gasteiger charge is -2.18. The number of unbranched alkanes of at least 4 members (excludes halogenated alkanes) is 26. The second-order valence-corrected chi connectivity index (χ2v) is 18.6. The Hall–Kier alpha value is -1.59. The first-order valence-corrected chi connectivity index (χ1v) is 25.1. The number of hydrogen-bond acceptors (Lipinski definition) is 6. The highest BCUT2D eigenvalue weighted by Gasteiger charge is 2.19. The SMILES string of the molecule is CCC(C)CCCCCCCCC(=O)O[C@@H](COC(=O)CCCCCCCCCCCCCCCC(C)C)COC(=O)CCCCCCCCCCCCC(C)C. The normalized spacial score (nSPS) is 12.6. The quantitative estimate of drug-likeness (QED) is 0.0347. The number of rotatable bonds is 44. The van der Waals surface area contributed by atoms with Gasteiger partial charge in [-0.15, -0.1) is 0 Å². The molecule has 0 aliphatic rings. The van der Waals surface area contributed by atoms with E-state index in [1.165, 1.54) is 154 Å². The molecule has 2 atom stereocenters. The fraction of sp³-hybridized carbons (Fsp3) is 0.941. The van der Waals surface area contributed by atoms with Crippen molar-refractivity contribution in [3.63, 3.8) is 0 Å². The fourth-order valence-electron chi connectivity index (χ4n) is 7.55. The Labute approximate surface area is 355 Å². The fourth-order valence-corrected chi connectivity index (χ4v) is 7.55. The molecule has 0 aromatic rings. The summed E-state index contributed by atoms with van der Waals surface area (Å²) in [5.74, 6) is 1.61. The van der Waals surface area contributed by atoms with Crippen LogP contribution in [0.25, 0.3) is 0 Å². The monoisotopic (exact) mass is 807 g/mol. The summed E-state index contributed by atoms with van der Waals surface area (Å²) < 4.78 is 16.8. The van der Waals surface area contributed by atoms with E-state index in [0.29, 0.717) is 19.3 Å². The Morgan fingerprint density at radius 3 is 0.912 bits per heavy atom. The minimum Gasteiger partial charge on any atom is -0.462 e. The minimum atomic E-state index is -0.763. The van der Waals surface area contributed by atoms with E-state index in [2.05, 4.69) is 41.5 Å². The molecule has 0 heterocycles. The maximum Gasteiger partial charge on any atom is 0.306 e. The maximum absolute atomic E-state index is 12.7. The van der Waals surface area contributed by atoms with Crippen LogP contribution in [0, 0.1) is 17.8 Å². The molecular weight excluding hydrogens is 709 g/mol. The molecular formula is C51H98O6. The Balaban J connectivity index is 4.29. The summed E-state index contributed by atoms with van der Waals surface area (Å²) >= 11 is 0. The van der Waals surface area contributed by atoms with Gasteiger partial charge in [0.05, 0.1) is 0 Å². The van der Waals surface area contributed by atoms with Crippen LogP contribution in [0.1, 0.15) is 273 Å². The third-order valence-corrected chi connectivity index (χ3v) is 11.8. The van der Waals surface area contributed by atoms with Crippen LogP contribution in [0.2, 0.25) is 0 Å². The van der Waals surface area contributed by atoms with E-state index in [0.717, 1.165) is 75.5 Å². The zero-order chi connectivity index (χ0) is 42.0. The molecule has 57 heavy (non-hydrogen) atoms. The van der Waals surface area contributed by atoms with Crippen molar-refractivity contribution >= 4 is 17.9 Å². The average Bonchev–Trinajstić information content (AvgIpc) is 3.18. The van der Waals surface area contributed by atoms with Gasteiger partial charge < -0.3 is 14.2 Å². The highest BCUT2D eigenvalue weighted by molar-refractivity contribution is 5.71. The van der Waals surface area contributed by atoms with Gasteiger partial charge >= 0.3 is 17.9 Å². The minimum absolute atomic E-state index is 0.0658. The van der Waals surface area contributed by atoms with Crippen molar-refractivity contribution in [3.05, 3.63) is 0 Å². The molecule has 6 nitrogen and oxygen atoms in total. The van der Waals surface area contributed by atoms with E-state index in [-0.39, 0.29) is 31.1 Å². The van der Waals surface area contributed by atoms with E-state index in [9.17, 15) is 14.4 Å². The molecule has 1 unspecified atom stereocenters. The van der Waals surface area contributed by atoms with Crippen LogP contribution in [0.5, 0.6) is 0 Å². The first kappa shape index (κ1) is 55.4. The molecule has 0 rings (SSSR count). The molecule has 0 saturated heterocycles. The maximum atomic E-state index is 12.7. The van der Waals surface area contributed by atoms with Crippen LogP contribution in [0.4, 0.5) is 0 Å². The second kappa shape index (κ2) is 42.5. The molecule has 0 radical (unpaired) electrons. The smallest absolute Gasteiger partial charge is 0.306 e. The Bertz CT molecular complexity index is 885. The second-order valence-electron chi connectivity index (χ2n) is 18.6. The van der Waals surface area contributed by atoms with Crippen LogP contribution < -0.4 is 0 Å². The van der Waals surface area contributed by atoms with E-state index in [1.807, 2.05) is 0 Å². The third-order valence-electron chi connectivity index (χ3n) is 11.8. The Morgan fingerprint density at radius 2 is 0.614 bits per heavy atom. The highest BCUT2D eigenvalue weighted by atomic mass is 16.6. The van der Waals surface area contributed by atoms with E-state index in [1.54, 1.807) is 0 Å². The molecule has 338 valence electrons. The number of hydrogen-bond donors (Lipinski definition) is 0. The summed E-state index contributed by atoms with van der Waals surface area (Å²) in [6.07, 6.45) is 40.9. The molecule has 0 aliphatic carbocycles. The lowest BCUT2D eigenvalue weighted by atomic mass is 10.00. The number of esters is 3. The van der Waals surface area contributed by atoms with Crippen LogP contribution in [0.3, 0.4) is 0 Å². The molecule has 0 fully saturated rings. The van der Waals surface area contributed by atoms with Crippen molar-refractivity contribution in [2.75, 3.05) is 13.2 Å². The zero-order valence-corrected chi connectivity index (χ0v) is 39.1. The topological polar surface area (TPSA) is 78.9 Å². The molecule has 0 aromatic heterocycles. The van der Waals surface area contributed by atoms with Gasteiger partial charge in [-0.2, -0.15) is 0 Å². The first-order chi connectivity index (χ1) is 27.6. The Morgan fingerprint density at radius 1 is 0.351 bits per heavy atom. The zero-order valence-electron chi connectivity index (χ0n) is 39.1. The lowest BCUT2D eigenvalue weighted by Crippen LogP contribution is -2.30. The van der Waals surface area contributed by atoms with Crippen LogP contribution in [-0.4, -0.2) is 37.2 Å². The summed E-state index contributed by atoms with van der Waals surface area (Å²) in [5, 5.41) is 0. The van der Waals surface area contributed by atoms with Gasteiger partial charge in [-0.3, -0.25) is 14.4 Å². The van der Waals surface area contributed by atoms with E-state index < -0.39 is 6.10 Å². The molecule has 0 N–H and O–H groups in total. The molecule has 0 saturated carbocycles. The first-order valence-electron chi connectivity index (χ1n) is 25.1. The summed E-state index contributed by atoms with van der Waals surface area (Å²) in [4.78, 5) is 37.9. The summed E-state index contributed by atoms with van der Waals surface area (Å²) in [6, 6.07) is 0. The van der Waals surface area contributed by atoms with E-state index in [4.69, 9.17) is 14.2 Å². The van der Waals surface area contributed by atoms with Crippen molar-refractivity contribution in [2.45, 2.75) is 279 Å². The van der Waals surface area contributed by atoms with Crippen molar-refractivity contribution in [1.82, 2.24) is 0 Å². The molecule has 0 bridgehead atoms. The van der Waals surface area contributed by atoms with Crippen LogP contribution in [0.15, 0.2) is 0 Å². The summed E-state index contributed by atoms with van der Waals surface area (Å²) in [6.45, 7) is 13.7. The van der Waals surface area contributed by atoms with Crippen molar-refractivity contribution in [1.29, 1.82) is 0 Å². The number of carbonyl (C=O) groups is 3. The third kappa shape index (κ3) is 43.8. The van der Waals surface area contributed by atoms with Gasteiger partial charge in [0.1, 0.15) is 13.2 Å². The largest absolute Gasteiger partial charge is 0.462 e. The number of ether oxygens (including phenoxy) is 3. The van der Waals surface area contributed by atoms with Gasteiger partial charge in [0, 0.05) is 19.3 Å². The van der Waals surface area contributed by atoms with Crippen LogP contribution >= 0.6 is 0 Å². The molecule has 0 aliphatic heterocycles. The Kier molecular flexibility index (Phi) is 41.3. The van der Waals surface area contributed by atoms with E-state index >= 15 is 0 Å². The van der Waals surface area contributed by atoms with Gasteiger partial charge in [0.15, 0.2) is 6.10 Å². The summed E-state index contributed by atoms with van der Waals surface area (Å²) in [5.41, 5.74) is 0. The molecule has 0 aromatic carbocycles.